The Morgan fingerprint density at radius 2 is 1.93 bits per heavy atom. The summed E-state index contributed by atoms with van der Waals surface area (Å²) < 4.78 is 15.7. The molecule has 9 nitrogen and oxygen atoms in total. The van der Waals surface area contributed by atoms with Crippen molar-refractivity contribution in [2.75, 3.05) is 26.3 Å². The van der Waals surface area contributed by atoms with Crippen LogP contribution in [0.5, 0.6) is 0 Å². The lowest BCUT2D eigenvalue weighted by Crippen LogP contribution is -2.47. The van der Waals surface area contributed by atoms with Crippen molar-refractivity contribution < 1.29 is 28.3 Å². The number of alkyl carbamates (subject to hydrolysis) is 1. The van der Waals surface area contributed by atoms with Crippen molar-refractivity contribution in [2.45, 2.75) is 51.8 Å². The maximum Gasteiger partial charge on any atom is 0.407 e. The second-order valence-corrected chi connectivity index (χ2v) is 7.60. The molecule has 3 amide bonds. The van der Waals surface area contributed by atoms with Crippen LogP contribution in [0.2, 0.25) is 0 Å². The van der Waals surface area contributed by atoms with Gasteiger partial charge in [0, 0.05) is 32.0 Å². The molecule has 0 spiro atoms. The van der Waals surface area contributed by atoms with Crippen LogP contribution >= 0.6 is 0 Å². The van der Waals surface area contributed by atoms with Crippen LogP contribution in [0.3, 0.4) is 0 Å². The molecule has 2 heterocycles. The van der Waals surface area contributed by atoms with E-state index in [9.17, 15) is 14.4 Å². The van der Waals surface area contributed by atoms with Crippen LogP contribution in [0.4, 0.5) is 4.79 Å². The molecule has 9 heteroatoms. The standard InChI is InChI=1S/C19H29N3O6/c1-19(2,3)28-18(25)21-14(12-17(24)22-6-9-26-10-7-22)11-16(23)20-13-15-5-4-8-27-15/h4-5,8,14H,6-7,9-13H2,1-3H3,(H,20,23)(H,21,25)/t14-/m0/s1. The Labute approximate surface area is 164 Å². The molecule has 1 aliphatic heterocycles. The average Bonchev–Trinajstić information content (AvgIpc) is 3.12. The zero-order valence-corrected chi connectivity index (χ0v) is 16.7. The molecule has 0 bridgehead atoms. The van der Waals surface area contributed by atoms with E-state index in [0.717, 1.165) is 0 Å². The lowest BCUT2D eigenvalue weighted by molar-refractivity contribution is -0.135. The topological polar surface area (TPSA) is 110 Å². The fraction of sp³-hybridized carbons (Fsp3) is 0.632. The van der Waals surface area contributed by atoms with Crippen LogP contribution in [0.25, 0.3) is 0 Å². The van der Waals surface area contributed by atoms with Gasteiger partial charge in [-0.25, -0.2) is 4.79 Å². The van der Waals surface area contributed by atoms with Gasteiger partial charge in [-0.1, -0.05) is 0 Å². The average molecular weight is 395 g/mol. The predicted octanol–water partition coefficient (Wildman–Crippen LogP) is 1.43. The molecule has 1 aromatic rings. The van der Waals surface area contributed by atoms with Crippen molar-refractivity contribution in [3.05, 3.63) is 24.2 Å². The van der Waals surface area contributed by atoms with E-state index < -0.39 is 17.7 Å². The quantitative estimate of drug-likeness (QED) is 0.723. The van der Waals surface area contributed by atoms with Crippen LogP contribution < -0.4 is 10.6 Å². The molecule has 0 radical (unpaired) electrons. The monoisotopic (exact) mass is 395 g/mol. The van der Waals surface area contributed by atoms with Crippen LogP contribution in [0.15, 0.2) is 22.8 Å². The molecular weight excluding hydrogens is 366 g/mol. The number of carbonyl (C=O) groups excluding carboxylic acids is 3. The van der Waals surface area contributed by atoms with Crippen molar-refractivity contribution in [1.82, 2.24) is 15.5 Å². The summed E-state index contributed by atoms with van der Waals surface area (Å²) in [7, 11) is 0. The molecule has 0 unspecified atom stereocenters. The third kappa shape index (κ3) is 7.99. The predicted molar refractivity (Wildman–Crippen MR) is 100 cm³/mol. The highest BCUT2D eigenvalue weighted by atomic mass is 16.6. The smallest absolute Gasteiger partial charge is 0.407 e. The van der Waals surface area contributed by atoms with Gasteiger partial charge in [0.15, 0.2) is 0 Å². The number of amides is 3. The Kier molecular flexibility index (Phi) is 7.86. The van der Waals surface area contributed by atoms with E-state index in [1.54, 1.807) is 37.8 Å². The first-order valence-electron chi connectivity index (χ1n) is 9.37. The highest BCUT2D eigenvalue weighted by Crippen LogP contribution is 2.10. The minimum Gasteiger partial charge on any atom is -0.467 e. The summed E-state index contributed by atoms with van der Waals surface area (Å²) in [5, 5.41) is 5.36. The number of nitrogens with zero attached hydrogens (tertiary/aromatic N) is 1. The van der Waals surface area contributed by atoms with E-state index in [0.29, 0.717) is 32.1 Å². The maximum atomic E-state index is 12.5. The minimum atomic E-state index is -0.679. The maximum absolute atomic E-state index is 12.5. The molecular formula is C19H29N3O6. The van der Waals surface area contributed by atoms with E-state index in [-0.39, 0.29) is 31.2 Å². The van der Waals surface area contributed by atoms with Crippen LogP contribution in [-0.2, 0) is 25.6 Å². The molecule has 2 rings (SSSR count). The lowest BCUT2D eigenvalue weighted by Gasteiger charge is -2.29. The molecule has 0 saturated carbocycles. The van der Waals surface area contributed by atoms with Gasteiger partial charge in [0.1, 0.15) is 11.4 Å². The van der Waals surface area contributed by atoms with Gasteiger partial charge in [0.05, 0.1) is 26.0 Å². The molecule has 1 fully saturated rings. The van der Waals surface area contributed by atoms with Crippen molar-refractivity contribution in [1.29, 1.82) is 0 Å². The van der Waals surface area contributed by atoms with Gasteiger partial charge < -0.3 is 29.4 Å². The van der Waals surface area contributed by atoms with Gasteiger partial charge in [-0.3, -0.25) is 9.59 Å². The van der Waals surface area contributed by atoms with E-state index in [1.807, 2.05) is 0 Å². The number of carbonyl (C=O) groups is 3. The van der Waals surface area contributed by atoms with E-state index in [1.165, 1.54) is 6.26 Å². The number of hydrogen-bond donors (Lipinski definition) is 2. The Balaban J connectivity index is 1.92. The second-order valence-electron chi connectivity index (χ2n) is 7.60. The van der Waals surface area contributed by atoms with Gasteiger partial charge in [-0.2, -0.15) is 0 Å². The first-order chi connectivity index (χ1) is 13.2. The Bertz CT molecular complexity index is 647. The molecule has 1 aromatic heterocycles. The van der Waals surface area contributed by atoms with Gasteiger partial charge in [-0.15, -0.1) is 0 Å². The molecule has 0 aliphatic carbocycles. The summed E-state index contributed by atoms with van der Waals surface area (Å²) in [4.78, 5) is 38.6. The fourth-order valence-electron chi connectivity index (χ4n) is 2.70. The fourth-order valence-corrected chi connectivity index (χ4v) is 2.70. The number of ether oxygens (including phenoxy) is 2. The first-order valence-corrected chi connectivity index (χ1v) is 9.37. The highest BCUT2D eigenvalue weighted by Gasteiger charge is 2.26. The number of morpholine rings is 1. The number of hydrogen-bond acceptors (Lipinski definition) is 6. The van der Waals surface area contributed by atoms with Gasteiger partial charge in [0.25, 0.3) is 0 Å². The first kappa shape index (κ1) is 21.7. The largest absolute Gasteiger partial charge is 0.467 e. The van der Waals surface area contributed by atoms with Crippen LogP contribution in [-0.4, -0.2) is 60.8 Å². The molecule has 1 atom stereocenters. The number of nitrogens with one attached hydrogen (secondary N) is 2. The molecule has 156 valence electrons. The molecule has 28 heavy (non-hydrogen) atoms. The highest BCUT2D eigenvalue weighted by molar-refractivity contribution is 5.81. The third-order valence-corrected chi connectivity index (χ3v) is 3.98. The Hall–Kier alpha value is -2.55. The Morgan fingerprint density at radius 3 is 2.54 bits per heavy atom. The zero-order valence-electron chi connectivity index (χ0n) is 16.7. The third-order valence-electron chi connectivity index (χ3n) is 3.98. The molecule has 1 aliphatic rings. The number of rotatable bonds is 7. The molecule has 1 saturated heterocycles. The van der Waals surface area contributed by atoms with E-state index >= 15 is 0 Å². The summed E-state index contributed by atoms with van der Waals surface area (Å²) in [5.41, 5.74) is -0.676. The summed E-state index contributed by atoms with van der Waals surface area (Å²) >= 11 is 0. The van der Waals surface area contributed by atoms with Crippen molar-refractivity contribution in [3.8, 4) is 0 Å². The van der Waals surface area contributed by atoms with E-state index in [2.05, 4.69) is 10.6 Å². The summed E-state index contributed by atoms with van der Waals surface area (Å²) in [6.07, 6.45) is 0.824. The second kappa shape index (κ2) is 10.1. The van der Waals surface area contributed by atoms with Gasteiger partial charge in [0.2, 0.25) is 11.8 Å². The van der Waals surface area contributed by atoms with Gasteiger partial charge >= 0.3 is 6.09 Å². The van der Waals surface area contributed by atoms with Crippen LogP contribution in [0, 0.1) is 0 Å². The lowest BCUT2D eigenvalue weighted by atomic mass is 10.1. The van der Waals surface area contributed by atoms with Gasteiger partial charge in [-0.05, 0) is 32.9 Å². The van der Waals surface area contributed by atoms with Crippen molar-refractivity contribution in [2.24, 2.45) is 0 Å². The summed E-state index contributed by atoms with van der Waals surface area (Å²) in [6.45, 7) is 7.45. The zero-order chi connectivity index (χ0) is 20.6. The molecule has 2 N–H and O–H groups in total. The minimum absolute atomic E-state index is 0.00736. The normalized spacial score (nSPS) is 15.6. The summed E-state index contributed by atoms with van der Waals surface area (Å²) in [5.74, 6) is 0.185. The summed E-state index contributed by atoms with van der Waals surface area (Å²) in [6, 6.07) is 2.80. The SMILES string of the molecule is CC(C)(C)OC(=O)N[C@@H](CC(=O)NCc1ccco1)CC(=O)N1CCOCC1. The Morgan fingerprint density at radius 1 is 1.21 bits per heavy atom. The number of furan rings is 1. The van der Waals surface area contributed by atoms with Crippen molar-refractivity contribution >= 4 is 17.9 Å². The van der Waals surface area contributed by atoms with Crippen LogP contribution in [0.1, 0.15) is 39.4 Å². The van der Waals surface area contributed by atoms with Crippen molar-refractivity contribution in [3.63, 3.8) is 0 Å². The molecule has 0 aromatic carbocycles. The van der Waals surface area contributed by atoms with E-state index in [4.69, 9.17) is 13.9 Å².